The molecule has 0 N–H and O–H groups in total. The normalized spacial score (nSPS) is 10.1. The van der Waals surface area contributed by atoms with Crippen LogP contribution in [0, 0.1) is 28.5 Å². The van der Waals surface area contributed by atoms with Crippen molar-refractivity contribution in [3.05, 3.63) is 35.2 Å². The molecule has 0 aromatic heterocycles. The van der Waals surface area contributed by atoms with Crippen molar-refractivity contribution >= 4 is 15.9 Å². The highest BCUT2D eigenvalue weighted by atomic mass is 32.2. The molecule has 86 valence electrons. The van der Waals surface area contributed by atoms with Crippen LogP contribution in [0.15, 0.2) is 28.7 Å². The van der Waals surface area contributed by atoms with Crippen molar-refractivity contribution in [1.82, 2.24) is 0 Å². The zero-order valence-electron chi connectivity index (χ0n) is 8.81. The molecule has 0 saturated carbocycles. The van der Waals surface area contributed by atoms with E-state index in [0.717, 1.165) is 30.5 Å². The summed E-state index contributed by atoms with van der Waals surface area (Å²) in [4.78, 5) is -0.123. The number of allylic oxidation sites excluding steroid dienone is 1. The van der Waals surface area contributed by atoms with Gasteiger partial charge in [0.15, 0.2) is 9.84 Å². The van der Waals surface area contributed by atoms with E-state index in [-0.39, 0.29) is 16.0 Å². The highest BCUT2D eigenvalue weighted by Crippen LogP contribution is 2.19. The van der Waals surface area contributed by atoms with Gasteiger partial charge in [0.1, 0.15) is 23.5 Å². The summed E-state index contributed by atoms with van der Waals surface area (Å²) in [5, 5.41) is 17.1. The van der Waals surface area contributed by atoms with Gasteiger partial charge in [0.2, 0.25) is 0 Å². The van der Waals surface area contributed by atoms with Gasteiger partial charge in [-0.2, -0.15) is 10.5 Å². The van der Waals surface area contributed by atoms with Crippen molar-refractivity contribution in [2.24, 2.45) is 0 Å². The van der Waals surface area contributed by atoms with Gasteiger partial charge in [-0.25, -0.2) is 12.8 Å². The standard InChI is InChI=1S/C11H7FN2O2S/c1-17(15,16)11-3-2-10(12)5-9(11)4-8(6-13)7-14/h2-5H,1H3. The molecule has 0 aliphatic rings. The summed E-state index contributed by atoms with van der Waals surface area (Å²) in [6, 6.07) is 6.23. The van der Waals surface area contributed by atoms with Crippen LogP contribution < -0.4 is 0 Å². The highest BCUT2D eigenvalue weighted by Gasteiger charge is 2.13. The van der Waals surface area contributed by atoms with Crippen molar-refractivity contribution < 1.29 is 12.8 Å². The van der Waals surface area contributed by atoms with Gasteiger partial charge in [0.25, 0.3) is 0 Å². The molecule has 1 rings (SSSR count). The zero-order chi connectivity index (χ0) is 13.1. The lowest BCUT2D eigenvalue weighted by atomic mass is 10.1. The Labute approximate surface area is 98.1 Å². The molecule has 0 spiro atoms. The topological polar surface area (TPSA) is 81.7 Å². The summed E-state index contributed by atoms with van der Waals surface area (Å²) in [5.41, 5.74) is -0.300. The van der Waals surface area contributed by atoms with E-state index in [0.29, 0.717) is 0 Å². The summed E-state index contributed by atoms with van der Waals surface area (Å²) in [6.07, 6.45) is 2.01. The van der Waals surface area contributed by atoms with E-state index < -0.39 is 15.7 Å². The van der Waals surface area contributed by atoms with Crippen LogP contribution in [-0.2, 0) is 9.84 Å². The van der Waals surface area contributed by atoms with Crippen LogP contribution in [-0.4, -0.2) is 14.7 Å². The van der Waals surface area contributed by atoms with E-state index in [2.05, 4.69) is 0 Å². The first-order chi connectivity index (χ1) is 7.88. The Morgan fingerprint density at radius 2 is 1.94 bits per heavy atom. The van der Waals surface area contributed by atoms with Crippen molar-refractivity contribution in [1.29, 1.82) is 10.5 Å². The maximum Gasteiger partial charge on any atom is 0.176 e. The van der Waals surface area contributed by atoms with Crippen LogP contribution in [0.25, 0.3) is 6.08 Å². The Bertz CT molecular complexity index is 648. The van der Waals surface area contributed by atoms with Crippen molar-refractivity contribution in [2.75, 3.05) is 6.26 Å². The fourth-order valence-corrected chi connectivity index (χ4v) is 2.08. The number of nitriles is 2. The Hall–Kier alpha value is -2.18. The predicted molar refractivity (Wildman–Crippen MR) is 58.7 cm³/mol. The Kier molecular flexibility index (Phi) is 3.62. The lowest BCUT2D eigenvalue weighted by Gasteiger charge is -2.03. The largest absolute Gasteiger partial charge is 0.224 e. The summed E-state index contributed by atoms with van der Waals surface area (Å²) in [6.45, 7) is 0. The minimum absolute atomic E-state index is 0.00870. The first-order valence-electron chi connectivity index (χ1n) is 4.40. The monoisotopic (exact) mass is 250 g/mol. The van der Waals surface area contributed by atoms with Gasteiger partial charge < -0.3 is 0 Å². The Morgan fingerprint density at radius 1 is 1.35 bits per heavy atom. The predicted octanol–water partition coefficient (Wildman–Crippen LogP) is 1.66. The molecule has 0 aliphatic carbocycles. The Balaban J connectivity index is 3.54. The highest BCUT2D eigenvalue weighted by molar-refractivity contribution is 7.90. The molecular formula is C11H7FN2O2S. The molecule has 0 radical (unpaired) electrons. The van der Waals surface area contributed by atoms with Crippen LogP contribution in [0.4, 0.5) is 4.39 Å². The van der Waals surface area contributed by atoms with E-state index in [9.17, 15) is 12.8 Å². The third-order valence-electron chi connectivity index (χ3n) is 1.91. The molecule has 0 amide bonds. The molecule has 0 unspecified atom stereocenters. The first-order valence-corrected chi connectivity index (χ1v) is 6.29. The number of sulfone groups is 1. The lowest BCUT2D eigenvalue weighted by Crippen LogP contribution is -2.00. The van der Waals surface area contributed by atoms with Gasteiger partial charge in [-0.3, -0.25) is 0 Å². The minimum atomic E-state index is -3.54. The second kappa shape index (κ2) is 4.77. The maximum absolute atomic E-state index is 13.0. The quantitative estimate of drug-likeness (QED) is 0.590. The third-order valence-corrected chi connectivity index (χ3v) is 3.08. The van der Waals surface area contributed by atoms with Gasteiger partial charge in [0.05, 0.1) is 4.90 Å². The summed E-state index contributed by atoms with van der Waals surface area (Å²) in [5.74, 6) is -0.640. The molecule has 1 aromatic rings. The number of rotatable bonds is 2. The van der Waals surface area contributed by atoms with Crippen LogP contribution in [0.1, 0.15) is 5.56 Å². The second-order valence-electron chi connectivity index (χ2n) is 3.24. The first kappa shape index (κ1) is 12.9. The smallest absolute Gasteiger partial charge is 0.176 e. The number of halogens is 1. The SMILES string of the molecule is CS(=O)(=O)c1ccc(F)cc1C=C(C#N)C#N. The molecule has 0 bridgehead atoms. The molecule has 0 saturated heterocycles. The van der Waals surface area contributed by atoms with E-state index >= 15 is 0 Å². The van der Waals surface area contributed by atoms with Crippen LogP contribution in [0.2, 0.25) is 0 Å². The van der Waals surface area contributed by atoms with E-state index in [1.54, 1.807) is 12.1 Å². The zero-order valence-corrected chi connectivity index (χ0v) is 9.62. The third kappa shape index (κ3) is 3.13. The van der Waals surface area contributed by atoms with Crippen LogP contribution >= 0.6 is 0 Å². The van der Waals surface area contributed by atoms with Crippen LogP contribution in [0.5, 0.6) is 0 Å². The molecule has 0 aliphatic heterocycles. The number of nitrogens with zero attached hydrogens (tertiary/aromatic N) is 2. The molecular weight excluding hydrogens is 243 g/mol. The second-order valence-corrected chi connectivity index (χ2v) is 5.22. The average Bonchev–Trinajstić information content (AvgIpc) is 2.24. The number of benzene rings is 1. The van der Waals surface area contributed by atoms with Crippen molar-refractivity contribution in [3.63, 3.8) is 0 Å². The summed E-state index contributed by atoms with van der Waals surface area (Å²) in [7, 11) is -3.54. The molecule has 0 fully saturated rings. The van der Waals surface area contributed by atoms with E-state index in [1.165, 1.54) is 0 Å². The van der Waals surface area contributed by atoms with Gasteiger partial charge in [-0.15, -0.1) is 0 Å². The van der Waals surface area contributed by atoms with Gasteiger partial charge in [-0.1, -0.05) is 0 Å². The average molecular weight is 250 g/mol. The molecule has 17 heavy (non-hydrogen) atoms. The van der Waals surface area contributed by atoms with Gasteiger partial charge >= 0.3 is 0 Å². The molecule has 4 nitrogen and oxygen atoms in total. The molecule has 0 heterocycles. The minimum Gasteiger partial charge on any atom is -0.224 e. The summed E-state index contributed by atoms with van der Waals surface area (Å²) < 4.78 is 35.8. The lowest BCUT2D eigenvalue weighted by molar-refractivity contribution is 0.600. The van der Waals surface area contributed by atoms with E-state index in [1.807, 2.05) is 0 Å². The van der Waals surface area contributed by atoms with Gasteiger partial charge in [0, 0.05) is 6.26 Å². The maximum atomic E-state index is 13.0. The molecule has 0 atom stereocenters. The van der Waals surface area contributed by atoms with Crippen molar-refractivity contribution in [3.8, 4) is 12.1 Å². The molecule has 6 heteroatoms. The number of hydrogen-bond acceptors (Lipinski definition) is 4. The Morgan fingerprint density at radius 3 is 2.41 bits per heavy atom. The fourth-order valence-electron chi connectivity index (χ4n) is 1.21. The van der Waals surface area contributed by atoms with E-state index in [4.69, 9.17) is 10.5 Å². The molecule has 1 aromatic carbocycles. The van der Waals surface area contributed by atoms with Crippen LogP contribution in [0.3, 0.4) is 0 Å². The summed E-state index contributed by atoms with van der Waals surface area (Å²) >= 11 is 0. The van der Waals surface area contributed by atoms with Crippen molar-refractivity contribution in [2.45, 2.75) is 4.90 Å². The fraction of sp³-hybridized carbons (Fsp3) is 0.0909. The number of hydrogen-bond donors (Lipinski definition) is 0. The van der Waals surface area contributed by atoms with Gasteiger partial charge in [-0.05, 0) is 29.8 Å².